The Balaban J connectivity index is 1.41. The van der Waals surface area contributed by atoms with Gasteiger partial charge in [-0.1, -0.05) is 0 Å². The third-order valence-electron chi connectivity index (χ3n) is 8.97. The van der Waals surface area contributed by atoms with Gasteiger partial charge in [0.2, 0.25) is 15.9 Å². The zero-order chi connectivity index (χ0) is 27.5. The topological polar surface area (TPSA) is 121 Å². The molecule has 3 N–H and O–H groups in total. The van der Waals surface area contributed by atoms with Gasteiger partial charge in [0, 0.05) is 41.9 Å². The second-order valence-corrected chi connectivity index (χ2v) is 14.4. The standard InChI is InChI=1S/C27H41N7O3S/c1-26(2,3)33-17-18-16-19(6-7-22(18)38(33,36)37)30-24-23-21(10-15-29-25(23)35)34(31-24)27(13-14-28)11-8-20(9-12-27)32(4)5/h6-7,16,20-21,23-24,30-31H,8-13,15,17H2,1-5H3,(H,29,35). The number of fused-ring (bicyclic) bond motifs is 2. The van der Waals surface area contributed by atoms with Crippen molar-refractivity contribution in [1.29, 1.82) is 5.26 Å². The molecule has 1 saturated carbocycles. The minimum atomic E-state index is -3.54. The SMILES string of the molecule is CN(C)C1CCC(CC#N)(N2NC(Nc3ccc4c(c3)CN(C(C)(C)C)S4(=O)=O)C3C(=O)NCCC32)CC1. The quantitative estimate of drug-likeness (QED) is 0.517. The molecular weight excluding hydrogens is 502 g/mol. The van der Waals surface area contributed by atoms with Crippen molar-refractivity contribution in [2.45, 2.75) is 100 Å². The van der Waals surface area contributed by atoms with Crippen molar-refractivity contribution in [2.75, 3.05) is 26.0 Å². The highest BCUT2D eigenvalue weighted by molar-refractivity contribution is 7.89. The molecule has 38 heavy (non-hydrogen) atoms. The summed E-state index contributed by atoms with van der Waals surface area (Å²) in [5.41, 5.74) is 4.33. The Kier molecular flexibility index (Phi) is 7.02. The zero-order valence-electron chi connectivity index (χ0n) is 23.1. The molecule has 11 heteroatoms. The third-order valence-corrected chi connectivity index (χ3v) is 11.2. The van der Waals surface area contributed by atoms with Crippen LogP contribution in [0.1, 0.15) is 64.9 Å². The first-order valence-electron chi connectivity index (χ1n) is 13.7. The summed E-state index contributed by atoms with van der Waals surface area (Å²) in [4.78, 5) is 15.8. The van der Waals surface area contributed by atoms with Crippen LogP contribution in [0.15, 0.2) is 23.1 Å². The molecule has 2 saturated heterocycles. The first kappa shape index (κ1) is 27.3. The molecule has 1 aromatic carbocycles. The Labute approximate surface area is 226 Å². The molecule has 208 valence electrons. The van der Waals surface area contributed by atoms with Crippen LogP contribution < -0.4 is 16.1 Å². The monoisotopic (exact) mass is 543 g/mol. The van der Waals surface area contributed by atoms with Crippen molar-refractivity contribution in [1.82, 2.24) is 25.0 Å². The van der Waals surface area contributed by atoms with Gasteiger partial charge in [0.05, 0.1) is 23.3 Å². The predicted molar refractivity (Wildman–Crippen MR) is 145 cm³/mol. The second kappa shape index (κ2) is 9.75. The zero-order valence-corrected chi connectivity index (χ0v) is 23.9. The van der Waals surface area contributed by atoms with E-state index >= 15 is 0 Å². The van der Waals surface area contributed by atoms with Crippen molar-refractivity contribution in [3.8, 4) is 6.07 Å². The summed E-state index contributed by atoms with van der Waals surface area (Å²) in [6, 6.07) is 8.28. The fourth-order valence-corrected chi connectivity index (χ4v) is 8.86. The number of nitrogens with one attached hydrogen (secondary N) is 3. The highest BCUT2D eigenvalue weighted by Crippen LogP contribution is 2.43. The van der Waals surface area contributed by atoms with Gasteiger partial charge in [-0.05, 0) is 90.7 Å². The van der Waals surface area contributed by atoms with Crippen molar-refractivity contribution in [2.24, 2.45) is 5.92 Å². The first-order chi connectivity index (χ1) is 17.9. The maximum Gasteiger partial charge on any atom is 0.244 e. The summed E-state index contributed by atoms with van der Waals surface area (Å²) in [6.07, 6.45) is 4.68. The van der Waals surface area contributed by atoms with Crippen molar-refractivity contribution >= 4 is 21.6 Å². The molecule has 1 aromatic rings. The van der Waals surface area contributed by atoms with E-state index in [2.05, 4.69) is 46.1 Å². The van der Waals surface area contributed by atoms with Gasteiger partial charge in [0.25, 0.3) is 0 Å². The molecule has 3 unspecified atom stereocenters. The minimum Gasteiger partial charge on any atom is -0.368 e. The van der Waals surface area contributed by atoms with Gasteiger partial charge in [-0.3, -0.25) is 4.79 Å². The first-order valence-corrected chi connectivity index (χ1v) is 15.1. The van der Waals surface area contributed by atoms with Crippen LogP contribution in [0.5, 0.6) is 0 Å². The Hall–Kier alpha value is -2.23. The Morgan fingerprint density at radius 2 is 1.92 bits per heavy atom. The number of rotatable bonds is 5. The van der Waals surface area contributed by atoms with Crippen LogP contribution in [0.3, 0.4) is 0 Å². The van der Waals surface area contributed by atoms with Crippen LogP contribution in [0.4, 0.5) is 5.69 Å². The lowest BCUT2D eigenvalue weighted by molar-refractivity contribution is -0.128. The van der Waals surface area contributed by atoms with Gasteiger partial charge in [0.1, 0.15) is 6.17 Å². The van der Waals surface area contributed by atoms with Crippen LogP contribution in [-0.4, -0.2) is 78.5 Å². The van der Waals surface area contributed by atoms with Gasteiger partial charge in [0.15, 0.2) is 0 Å². The van der Waals surface area contributed by atoms with Gasteiger partial charge in [-0.15, -0.1) is 0 Å². The summed E-state index contributed by atoms with van der Waals surface area (Å²) in [7, 11) is 0.682. The van der Waals surface area contributed by atoms with Crippen LogP contribution in [-0.2, 0) is 21.4 Å². The van der Waals surface area contributed by atoms with E-state index in [9.17, 15) is 18.5 Å². The molecule has 4 aliphatic rings. The average Bonchev–Trinajstić information content (AvgIpc) is 3.35. The Morgan fingerprint density at radius 1 is 1.21 bits per heavy atom. The molecule has 3 atom stereocenters. The summed E-state index contributed by atoms with van der Waals surface area (Å²) < 4.78 is 27.7. The number of piperidine rings is 1. The van der Waals surface area contributed by atoms with E-state index in [4.69, 9.17) is 0 Å². The smallest absolute Gasteiger partial charge is 0.244 e. The van der Waals surface area contributed by atoms with E-state index in [1.165, 1.54) is 4.31 Å². The fourth-order valence-electron chi connectivity index (χ4n) is 6.90. The number of hydrogen-bond acceptors (Lipinski definition) is 8. The molecule has 0 bridgehead atoms. The summed E-state index contributed by atoms with van der Waals surface area (Å²) >= 11 is 0. The number of carbonyl (C=O) groups is 1. The van der Waals surface area contributed by atoms with E-state index in [1.54, 1.807) is 12.1 Å². The van der Waals surface area contributed by atoms with Gasteiger partial charge >= 0.3 is 0 Å². The van der Waals surface area contributed by atoms with E-state index in [1.807, 2.05) is 26.8 Å². The van der Waals surface area contributed by atoms with Crippen molar-refractivity contribution in [3.63, 3.8) is 0 Å². The highest BCUT2D eigenvalue weighted by Gasteiger charge is 2.55. The lowest BCUT2D eigenvalue weighted by Gasteiger charge is -2.49. The summed E-state index contributed by atoms with van der Waals surface area (Å²) in [5, 5.41) is 18.6. The highest BCUT2D eigenvalue weighted by atomic mass is 32.2. The normalized spacial score (nSPS) is 33.4. The Bertz CT molecular complexity index is 1230. The van der Waals surface area contributed by atoms with Crippen LogP contribution >= 0.6 is 0 Å². The van der Waals surface area contributed by atoms with Crippen LogP contribution in [0.25, 0.3) is 0 Å². The molecule has 0 radical (unpaired) electrons. The molecule has 5 rings (SSSR count). The van der Waals surface area contributed by atoms with Crippen molar-refractivity contribution in [3.05, 3.63) is 23.8 Å². The number of sulfonamides is 1. The van der Waals surface area contributed by atoms with E-state index in [-0.39, 0.29) is 29.6 Å². The summed E-state index contributed by atoms with van der Waals surface area (Å²) in [5.74, 6) is -0.320. The molecule has 3 fully saturated rings. The predicted octanol–water partition coefficient (Wildman–Crippen LogP) is 2.21. The average molecular weight is 544 g/mol. The van der Waals surface area contributed by atoms with Crippen LogP contribution in [0.2, 0.25) is 0 Å². The van der Waals surface area contributed by atoms with E-state index < -0.39 is 15.6 Å². The molecule has 3 aliphatic heterocycles. The van der Waals surface area contributed by atoms with Crippen LogP contribution in [0, 0.1) is 17.2 Å². The third kappa shape index (κ3) is 4.60. The van der Waals surface area contributed by atoms with Gasteiger partial charge in [-0.25, -0.2) is 18.9 Å². The Morgan fingerprint density at radius 3 is 2.55 bits per heavy atom. The molecule has 0 aromatic heterocycles. The molecule has 0 spiro atoms. The number of nitriles is 1. The van der Waals surface area contributed by atoms with Gasteiger partial charge < -0.3 is 15.5 Å². The fraction of sp³-hybridized carbons (Fsp3) is 0.704. The maximum absolute atomic E-state index is 13.2. The minimum absolute atomic E-state index is 0.00507. The second-order valence-electron chi connectivity index (χ2n) is 12.6. The lowest BCUT2D eigenvalue weighted by Crippen LogP contribution is -2.60. The molecule has 10 nitrogen and oxygen atoms in total. The number of amides is 1. The maximum atomic E-state index is 13.2. The van der Waals surface area contributed by atoms with Gasteiger partial charge in [-0.2, -0.15) is 9.57 Å². The molecule has 1 aliphatic carbocycles. The number of hydrazine groups is 1. The summed E-state index contributed by atoms with van der Waals surface area (Å²) in [6.45, 7) is 6.64. The molecule has 1 amide bonds. The lowest BCUT2D eigenvalue weighted by atomic mass is 9.75. The largest absolute Gasteiger partial charge is 0.368 e. The van der Waals surface area contributed by atoms with E-state index in [0.717, 1.165) is 43.4 Å². The number of benzene rings is 1. The van der Waals surface area contributed by atoms with Crippen molar-refractivity contribution < 1.29 is 13.2 Å². The number of nitrogens with zero attached hydrogens (tertiary/aromatic N) is 4. The number of carbonyl (C=O) groups excluding carboxylic acids is 1. The molecular formula is C27H41N7O3S. The number of anilines is 1. The molecule has 3 heterocycles. The number of hydrogen-bond donors (Lipinski definition) is 3. The van der Waals surface area contributed by atoms with E-state index in [0.29, 0.717) is 30.4 Å².